The van der Waals surface area contributed by atoms with Crippen LogP contribution in [0.25, 0.3) is 0 Å². The molecule has 7 nitrogen and oxygen atoms in total. The predicted molar refractivity (Wildman–Crippen MR) is 97.5 cm³/mol. The summed E-state index contributed by atoms with van der Waals surface area (Å²) in [6.45, 7) is 6.27. The first-order valence-corrected chi connectivity index (χ1v) is 8.85. The van der Waals surface area contributed by atoms with Gasteiger partial charge in [0.2, 0.25) is 5.91 Å². The van der Waals surface area contributed by atoms with E-state index in [9.17, 15) is 9.59 Å². The summed E-state index contributed by atoms with van der Waals surface area (Å²) in [6.07, 6.45) is 0.141. The highest BCUT2D eigenvalue weighted by molar-refractivity contribution is 5.76. The molecule has 1 aliphatic heterocycles. The molecule has 1 atom stereocenters. The summed E-state index contributed by atoms with van der Waals surface area (Å²) in [7, 11) is 1.73. The summed E-state index contributed by atoms with van der Waals surface area (Å²) in [5.74, 6) is -0.0303. The molecule has 1 aromatic rings. The van der Waals surface area contributed by atoms with Gasteiger partial charge in [-0.15, -0.1) is 0 Å². The smallest absolute Gasteiger partial charge is 0.317 e. The van der Waals surface area contributed by atoms with Crippen molar-refractivity contribution in [3.63, 3.8) is 0 Å². The van der Waals surface area contributed by atoms with Crippen LogP contribution in [0.5, 0.6) is 5.75 Å². The Morgan fingerprint density at radius 3 is 2.88 bits per heavy atom. The van der Waals surface area contributed by atoms with Crippen LogP contribution in [0.2, 0.25) is 0 Å². The quantitative estimate of drug-likeness (QED) is 0.749. The largest absolute Gasteiger partial charge is 0.493 e. The fraction of sp³-hybridized carbons (Fsp3) is 0.579. The van der Waals surface area contributed by atoms with Gasteiger partial charge in [0.05, 0.1) is 32.3 Å². The van der Waals surface area contributed by atoms with E-state index in [-0.39, 0.29) is 18.6 Å². The number of aryl methyl sites for hydroxylation is 2. The van der Waals surface area contributed by atoms with Crippen molar-refractivity contribution in [2.24, 2.45) is 0 Å². The number of hydrogen-bond acceptors (Lipinski definition) is 5. The molecule has 26 heavy (non-hydrogen) atoms. The van der Waals surface area contributed by atoms with E-state index in [0.717, 1.165) is 16.9 Å². The maximum absolute atomic E-state index is 12.4. The van der Waals surface area contributed by atoms with Gasteiger partial charge >= 0.3 is 5.97 Å². The van der Waals surface area contributed by atoms with E-state index < -0.39 is 5.97 Å². The molecule has 1 aromatic carbocycles. The van der Waals surface area contributed by atoms with Crippen molar-refractivity contribution in [1.29, 1.82) is 0 Å². The van der Waals surface area contributed by atoms with Gasteiger partial charge in [0, 0.05) is 19.6 Å². The zero-order valence-corrected chi connectivity index (χ0v) is 15.7. The molecule has 1 heterocycles. The number of amides is 1. The molecule has 0 bridgehead atoms. The van der Waals surface area contributed by atoms with Gasteiger partial charge in [0.1, 0.15) is 5.75 Å². The molecule has 0 radical (unpaired) electrons. The molecule has 0 aromatic heterocycles. The Balaban J connectivity index is 1.77. The lowest BCUT2D eigenvalue weighted by Gasteiger charge is -2.34. The summed E-state index contributed by atoms with van der Waals surface area (Å²) in [5.41, 5.74) is 2.18. The number of morpholine rings is 1. The molecule has 1 fully saturated rings. The third-order valence-corrected chi connectivity index (χ3v) is 4.33. The van der Waals surface area contributed by atoms with Gasteiger partial charge in [-0.2, -0.15) is 0 Å². The number of nitrogens with zero attached hydrogens (tertiary/aromatic N) is 2. The Bertz CT molecular complexity index is 634. The molecule has 2 rings (SSSR count). The third-order valence-electron chi connectivity index (χ3n) is 4.33. The van der Waals surface area contributed by atoms with Gasteiger partial charge in [-0.1, -0.05) is 12.1 Å². The maximum Gasteiger partial charge on any atom is 0.317 e. The molecule has 1 amide bonds. The summed E-state index contributed by atoms with van der Waals surface area (Å²) >= 11 is 0. The van der Waals surface area contributed by atoms with Crippen LogP contribution in [0.4, 0.5) is 0 Å². The second-order valence-corrected chi connectivity index (χ2v) is 6.79. The minimum atomic E-state index is -0.875. The van der Waals surface area contributed by atoms with E-state index in [1.165, 1.54) is 0 Å². The van der Waals surface area contributed by atoms with Crippen LogP contribution in [-0.4, -0.2) is 79.3 Å². The fourth-order valence-corrected chi connectivity index (χ4v) is 2.97. The maximum atomic E-state index is 12.4. The van der Waals surface area contributed by atoms with Gasteiger partial charge in [0.15, 0.2) is 0 Å². The Morgan fingerprint density at radius 2 is 2.15 bits per heavy atom. The molecule has 1 unspecified atom stereocenters. The first-order valence-electron chi connectivity index (χ1n) is 8.85. The van der Waals surface area contributed by atoms with Gasteiger partial charge in [-0.3, -0.25) is 14.5 Å². The highest BCUT2D eigenvalue weighted by atomic mass is 16.5. The van der Waals surface area contributed by atoms with Crippen LogP contribution in [-0.2, 0) is 14.3 Å². The highest BCUT2D eigenvalue weighted by Gasteiger charge is 2.25. The lowest BCUT2D eigenvalue weighted by atomic mass is 10.1. The molecule has 1 saturated heterocycles. The number of ether oxygens (including phenoxy) is 2. The molecule has 0 aliphatic carbocycles. The van der Waals surface area contributed by atoms with Crippen molar-refractivity contribution >= 4 is 11.9 Å². The predicted octanol–water partition coefficient (Wildman–Crippen LogP) is 1.32. The van der Waals surface area contributed by atoms with Crippen LogP contribution in [0, 0.1) is 13.8 Å². The van der Waals surface area contributed by atoms with E-state index in [2.05, 4.69) is 0 Å². The van der Waals surface area contributed by atoms with Crippen LogP contribution >= 0.6 is 0 Å². The average molecular weight is 364 g/mol. The normalized spacial score (nSPS) is 17.4. The number of carbonyl (C=O) groups excluding carboxylic acids is 1. The molecule has 7 heteroatoms. The van der Waals surface area contributed by atoms with E-state index in [4.69, 9.17) is 14.6 Å². The molecule has 144 valence electrons. The average Bonchev–Trinajstić information content (AvgIpc) is 2.57. The molecule has 1 N–H and O–H groups in total. The summed E-state index contributed by atoms with van der Waals surface area (Å²) in [5, 5.41) is 8.82. The van der Waals surface area contributed by atoms with Gasteiger partial charge in [-0.25, -0.2) is 0 Å². The van der Waals surface area contributed by atoms with Crippen molar-refractivity contribution in [2.45, 2.75) is 26.4 Å². The third kappa shape index (κ3) is 6.31. The van der Waals surface area contributed by atoms with Crippen molar-refractivity contribution in [3.8, 4) is 5.75 Å². The summed E-state index contributed by atoms with van der Waals surface area (Å²) < 4.78 is 11.4. The van der Waals surface area contributed by atoms with E-state index in [0.29, 0.717) is 39.3 Å². The minimum absolute atomic E-state index is 0.0319. The number of rotatable bonds is 8. The van der Waals surface area contributed by atoms with Gasteiger partial charge in [-0.05, 0) is 38.1 Å². The monoisotopic (exact) mass is 364 g/mol. The van der Waals surface area contributed by atoms with Crippen molar-refractivity contribution in [3.05, 3.63) is 29.3 Å². The Hall–Kier alpha value is -2.12. The number of carboxylic acid groups (broad SMARTS) is 1. The number of benzene rings is 1. The standard InChI is InChI=1S/C19H28N2O5/c1-14-4-5-15(2)17(10-14)26-8-6-18(22)21-7-9-25-16(12-21)11-20(3)13-19(23)24/h4-5,10,16H,6-9,11-13H2,1-3H3,(H,23,24). The number of aliphatic carboxylic acids is 1. The molecular formula is C19H28N2O5. The van der Waals surface area contributed by atoms with E-state index >= 15 is 0 Å². The van der Waals surface area contributed by atoms with Crippen LogP contribution in [0.3, 0.4) is 0 Å². The minimum Gasteiger partial charge on any atom is -0.493 e. The molecule has 0 saturated carbocycles. The Labute approximate surface area is 154 Å². The van der Waals surface area contributed by atoms with Gasteiger partial charge < -0.3 is 19.5 Å². The molecule has 1 aliphatic rings. The van der Waals surface area contributed by atoms with Crippen LogP contribution in [0.1, 0.15) is 17.5 Å². The Morgan fingerprint density at radius 1 is 1.38 bits per heavy atom. The second-order valence-electron chi connectivity index (χ2n) is 6.79. The first kappa shape index (κ1) is 20.2. The van der Waals surface area contributed by atoms with Crippen molar-refractivity contribution < 1.29 is 24.2 Å². The SMILES string of the molecule is Cc1ccc(C)c(OCCC(=O)N2CCOC(CN(C)CC(=O)O)C2)c1. The number of carbonyl (C=O) groups is 2. The zero-order chi connectivity index (χ0) is 19.1. The Kier molecular flexibility index (Phi) is 7.41. The lowest BCUT2D eigenvalue weighted by molar-refractivity contribution is -0.142. The highest BCUT2D eigenvalue weighted by Crippen LogP contribution is 2.19. The number of hydrogen-bond donors (Lipinski definition) is 1. The van der Waals surface area contributed by atoms with Crippen molar-refractivity contribution in [2.75, 3.05) is 46.4 Å². The molecular weight excluding hydrogens is 336 g/mol. The number of likely N-dealkylation sites (N-methyl/N-ethyl adjacent to an activating group) is 1. The topological polar surface area (TPSA) is 79.3 Å². The summed E-state index contributed by atoms with van der Waals surface area (Å²) in [6, 6.07) is 6.01. The van der Waals surface area contributed by atoms with Gasteiger partial charge in [0.25, 0.3) is 0 Å². The summed E-state index contributed by atoms with van der Waals surface area (Å²) in [4.78, 5) is 26.6. The van der Waals surface area contributed by atoms with Crippen LogP contribution in [0.15, 0.2) is 18.2 Å². The lowest BCUT2D eigenvalue weighted by Crippen LogP contribution is -2.49. The first-order chi connectivity index (χ1) is 12.3. The molecule has 0 spiro atoms. The second kappa shape index (κ2) is 9.54. The fourth-order valence-electron chi connectivity index (χ4n) is 2.97. The van der Waals surface area contributed by atoms with E-state index in [1.54, 1.807) is 16.8 Å². The van der Waals surface area contributed by atoms with E-state index in [1.807, 2.05) is 32.0 Å². The van der Waals surface area contributed by atoms with Crippen molar-refractivity contribution in [1.82, 2.24) is 9.80 Å². The number of carboxylic acids is 1. The van der Waals surface area contributed by atoms with Crippen LogP contribution < -0.4 is 4.74 Å². The zero-order valence-electron chi connectivity index (χ0n) is 15.7.